The number of aromatic nitrogens is 1. The lowest BCUT2D eigenvalue weighted by molar-refractivity contribution is 0.717. The molecule has 0 spiro atoms. The molecule has 0 fully saturated rings. The highest BCUT2D eigenvalue weighted by molar-refractivity contribution is 9.10. The van der Waals surface area contributed by atoms with Gasteiger partial charge in [-0.05, 0) is 42.7 Å². The van der Waals surface area contributed by atoms with Gasteiger partial charge in [-0.2, -0.15) is 0 Å². The van der Waals surface area contributed by atoms with E-state index in [1.165, 1.54) is 0 Å². The summed E-state index contributed by atoms with van der Waals surface area (Å²) in [4.78, 5) is 4.26. The molecule has 4 heteroatoms. The summed E-state index contributed by atoms with van der Waals surface area (Å²) < 4.78 is 0.974. The zero-order valence-electron chi connectivity index (χ0n) is 10.0. The fraction of sp³-hybridized carbons (Fsp3) is 0.214. The molecule has 1 aromatic heterocycles. The van der Waals surface area contributed by atoms with Crippen LogP contribution in [0.3, 0.4) is 0 Å². The highest BCUT2D eigenvalue weighted by Gasteiger charge is 2.10. The Morgan fingerprint density at radius 3 is 2.72 bits per heavy atom. The Morgan fingerprint density at radius 1 is 1.33 bits per heavy atom. The lowest BCUT2D eigenvalue weighted by Crippen LogP contribution is -2.14. The molecule has 18 heavy (non-hydrogen) atoms. The first-order valence-electron chi connectivity index (χ1n) is 5.68. The third kappa shape index (κ3) is 3.31. The largest absolute Gasteiger partial charge is 0.324 e. The normalized spacial score (nSPS) is 12.4. The maximum atomic E-state index is 6.19. The Balaban J connectivity index is 2.15. The van der Waals surface area contributed by atoms with Gasteiger partial charge in [0.05, 0.1) is 0 Å². The maximum absolute atomic E-state index is 6.19. The smallest absolute Gasteiger partial charge is 0.0449 e. The Morgan fingerprint density at radius 2 is 2.11 bits per heavy atom. The average molecular weight is 326 g/mol. The van der Waals surface area contributed by atoms with Gasteiger partial charge < -0.3 is 5.73 Å². The van der Waals surface area contributed by atoms with Gasteiger partial charge >= 0.3 is 0 Å². The Labute approximate surface area is 120 Å². The van der Waals surface area contributed by atoms with Crippen molar-refractivity contribution in [2.45, 2.75) is 19.4 Å². The van der Waals surface area contributed by atoms with Gasteiger partial charge in [0.1, 0.15) is 0 Å². The molecule has 1 atom stereocenters. The first-order valence-corrected chi connectivity index (χ1v) is 6.85. The van der Waals surface area contributed by atoms with Crippen LogP contribution in [0.2, 0.25) is 5.02 Å². The number of benzene rings is 1. The molecule has 2 N–H and O–H groups in total. The molecule has 0 aliphatic heterocycles. The molecular weight excluding hydrogens is 312 g/mol. The van der Waals surface area contributed by atoms with E-state index in [9.17, 15) is 0 Å². The van der Waals surface area contributed by atoms with Crippen molar-refractivity contribution in [2.24, 2.45) is 5.73 Å². The molecule has 0 aliphatic carbocycles. The van der Waals surface area contributed by atoms with E-state index in [-0.39, 0.29) is 6.04 Å². The predicted molar refractivity (Wildman–Crippen MR) is 78.8 cm³/mol. The van der Waals surface area contributed by atoms with Crippen LogP contribution in [-0.4, -0.2) is 4.98 Å². The van der Waals surface area contributed by atoms with Crippen LogP contribution in [0.25, 0.3) is 0 Å². The minimum Gasteiger partial charge on any atom is -0.324 e. The van der Waals surface area contributed by atoms with Gasteiger partial charge in [-0.15, -0.1) is 0 Å². The van der Waals surface area contributed by atoms with E-state index in [2.05, 4.69) is 20.9 Å². The molecule has 2 nitrogen and oxygen atoms in total. The molecule has 2 aromatic rings. The summed E-state index contributed by atoms with van der Waals surface area (Å²) in [7, 11) is 0. The lowest BCUT2D eigenvalue weighted by atomic mass is 10.0. The van der Waals surface area contributed by atoms with Gasteiger partial charge in [0.15, 0.2) is 0 Å². The quantitative estimate of drug-likeness (QED) is 0.924. The Bertz CT molecular complexity index is 540. The monoisotopic (exact) mass is 324 g/mol. The van der Waals surface area contributed by atoms with Gasteiger partial charge in [0, 0.05) is 27.4 Å². The number of nitrogens with two attached hydrogens (primary N) is 1. The molecule has 1 unspecified atom stereocenters. The standard InChI is InChI=1S/C14H14BrClN2/c1-9-2-3-11(8-18-9)14(17)6-10-4-5-12(15)7-13(10)16/h2-5,7-8,14H,6,17H2,1H3. The summed E-state index contributed by atoms with van der Waals surface area (Å²) in [5.74, 6) is 0. The van der Waals surface area contributed by atoms with Crippen molar-refractivity contribution in [1.29, 1.82) is 0 Å². The van der Waals surface area contributed by atoms with Crippen LogP contribution >= 0.6 is 27.5 Å². The molecule has 0 saturated carbocycles. The molecular formula is C14H14BrClN2. The molecule has 0 amide bonds. The second kappa shape index (κ2) is 5.83. The van der Waals surface area contributed by atoms with Crippen molar-refractivity contribution in [1.82, 2.24) is 4.98 Å². The number of halogens is 2. The van der Waals surface area contributed by atoms with E-state index in [4.69, 9.17) is 17.3 Å². The van der Waals surface area contributed by atoms with E-state index in [0.29, 0.717) is 6.42 Å². The number of aryl methyl sites for hydroxylation is 1. The number of hydrogen-bond donors (Lipinski definition) is 1. The van der Waals surface area contributed by atoms with E-state index in [1.54, 1.807) is 0 Å². The number of nitrogens with zero attached hydrogens (tertiary/aromatic N) is 1. The third-order valence-corrected chi connectivity index (χ3v) is 3.66. The van der Waals surface area contributed by atoms with Gasteiger partial charge in [-0.3, -0.25) is 4.98 Å². The molecule has 2 rings (SSSR count). The first-order chi connectivity index (χ1) is 8.56. The minimum atomic E-state index is -0.0863. The summed E-state index contributed by atoms with van der Waals surface area (Å²) in [6.07, 6.45) is 2.53. The maximum Gasteiger partial charge on any atom is 0.0449 e. The zero-order chi connectivity index (χ0) is 13.1. The molecule has 1 heterocycles. The fourth-order valence-corrected chi connectivity index (χ4v) is 2.49. The number of hydrogen-bond acceptors (Lipinski definition) is 2. The van der Waals surface area contributed by atoms with E-state index < -0.39 is 0 Å². The molecule has 1 aromatic carbocycles. The summed E-state index contributed by atoms with van der Waals surface area (Å²) >= 11 is 9.57. The predicted octanol–water partition coefficient (Wildman–Crippen LogP) is 4.05. The molecule has 0 aliphatic rings. The van der Waals surface area contributed by atoms with Crippen molar-refractivity contribution in [3.8, 4) is 0 Å². The number of pyridine rings is 1. The van der Waals surface area contributed by atoms with Crippen LogP contribution in [0.1, 0.15) is 22.9 Å². The first kappa shape index (κ1) is 13.5. The van der Waals surface area contributed by atoms with Crippen LogP contribution in [0.5, 0.6) is 0 Å². The molecule has 94 valence electrons. The summed E-state index contributed by atoms with van der Waals surface area (Å²) in [5.41, 5.74) is 9.24. The van der Waals surface area contributed by atoms with E-state index in [1.807, 2.05) is 43.5 Å². The zero-order valence-corrected chi connectivity index (χ0v) is 12.4. The van der Waals surface area contributed by atoms with Crippen LogP contribution in [0.4, 0.5) is 0 Å². The van der Waals surface area contributed by atoms with Gasteiger partial charge in [-0.25, -0.2) is 0 Å². The average Bonchev–Trinajstić information content (AvgIpc) is 2.33. The fourth-order valence-electron chi connectivity index (χ4n) is 1.74. The third-order valence-electron chi connectivity index (χ3n) is 2.82. The van der Waals surface area contributed by atoms with Gasteiger partial charge in [0.25, 0.3) is 0 Å². The molecule has 0 radical (unpaired) electrons. The van der Waals surface area contributed by atoms with Crippen molar-refractivity contribution >= 4 is 27.5 Å². The van der Waals surface area contributed by atoms with Crippen LogP contribution in [0.15, 0.2) is 41.0 Å². The van der Waals surface area contributed by atoms with Crippen LogP contribution < -0.4 is 5.73 Å². The van der Waals surface area contributed by atoms with Crippen molar-refractivity contribution in [2.75, 3.05) is 0 Å². The summed E-state index contributed by atoms with van der Waals surface area (Å²) in [5, 5.41) is 0.736. The second-order valence-corrected chi connectivity index (χ2v) is 5.60. The lowest BCUT2D eigenvalue weighted by Gasteiger charge is -2.13. The summed E-state index contributed by atoms with van der Waals surface area (Å²) in [6.45, 7) is 1.96. The van der Waals surface area contributed by atoms with Gasteiger partial charge in [-0.1, -0.05) is 39.7 Å². The molecule has 0 bridgehead atoms. The van der Waals surface area contributed by atoms with Crippen molar-refractivity contribution in [3.63, 3.8) is 0 Å². The molecule has 0 saturated heterocycles. The van der Waals surface area contributed by atoms with Crippen molar-refractivity contribution < 1.29 is 0 Å². The highest BCUT2D eigenvalue weighted by atomic mass is 79.9. The SMILES string of the molecule is Cc1ccc(C(N)Cc2ccc(Br)cc2Cl)cn1. The highest BCUT2D eigenvalue weighted by Crippen LogP contribution is 2.25. The minimum absolute atomic E-state index is 0.0863. The second-order valence-electron chi connectivity index (χ2n) is 4.28. The van der Waals surface area contributed by atoms with E-state index >= 15 is 0 Å². The van der Waals surface area contributed by atoms with E-state index in [0.717, 1.165) is 26.3 Å². The topological polar surface area (TPSA) is 38.9 Å². The van der Waals surface area contributed by atoms with Crippen molar-refractivity contribution in [3.05, 3.63) is 62.8 Å². The Hall–Kier alpha value is -0.900. The van der Waals surface area contributed by atoms with Gasteiger partial charge in [0.2, 0.25) is 0 Å². The van der Waals surface area contributed by atoms with Crippen LogP contribution in [0, 0.1) is 6.92 Å². The Kier molecular flexibility index (Phi) is 4.38. The summed E-state index contributed by atoms with van der Waals surface area (Å²) in [6, 6.07) is 9.75. The number of rotatable bonds is 3. The van der Waals surface area contributed by atoms with Crippen LogP contribution in [-0.2, 0) is 6.42 Å².